The Balaban J connectivity index is 2.14. The van der Waals surface area contributed by atoms with E-state index in [2.05, 4.69) is 41.6 Å². The average molecular weight is 321 g/mol. The summed E-state index contributed by atoms with van der Waals surface area (Å²) in [5, 5.41) is 7.08. The molecule has 1 aromatic carbocycles. The highest BCUT2D eigenvalue weighted by molar-refractivity contribution is 9.10. The highest BCUT2D eigenvalue weighted by atomic mass is 79.9. The van der Waals surface area contributed by atoms with Gasteiger partial charge in [0.05, 0.1) is 16.4 Å². The van der Waals surface area contributed by atoms with Gasteiger partial charge in [0.25, 0.3) is 0 Å². The van der Waals surface area contributed by atoms with Crippen molar-refractivity contribution < 1.29 is 4.98 Å². The summed E-state index contributed by atoms with van der Waals surface area (Å²) in [6.45, 7) is 1.83. The van der Waals surface area contributed by atoms with Crippen molar-refractivity contribution >= 4 is 33.3 Å². The molecule has 0 aliphatic heterocycles. The number of aromatic amines is 1. The fourth-order valence-corrected chi connectivity index (χ4v) is 1.61. The Morgan fingerprint density at radius 3 is 3.00 bits per heavy atom. The molecule has 0 saturated heterocycles. The fraction of sp³-hybridized carbons (Fsp3) is 0.0833. The number of nitrogens with zero attached hydrogens (tertiary/aromatic N) is 3. The van der Waals surface area contributed by atoms with E-state index >= 15 is 0 Å². The molecule has 0 atom stereocenters. The molecule has 0 unspecified atom stereocenters. The van der Waals surface area contributed by atoms with E-state index < -0.39 is 0 Å². The maximum Gasteiger partial charge on any atom is 0.413 e. The van der Waals surface area contributed by atoms with Gasteiger partial charge in [-0.3, -0.25) is 0 Å². The zero-order valence-electron chi connectivity index (χ0n) is 10.1. The summed E-state index contributed by atoms with van der Waals surface area (Å²) in [7, 11) is 0. The summed E-state index contributed by atoms with van der Waals surface area (Å²) in [5.41, 5.74) is 4.72. The van der Waals surface area contributed by atoms with Crippen LogP contribution in [0, 0.1) is 4.91 Å². The minimum atomic E-state index is 0.375. The highest BCUT2D eigenvalue weighted by Crippen LogP contribution is 2.14. The molecule has 0 aliphatic carbocycles. The van der Waals surface area contributed by atoms with Crippen LogP contribution in [0.25, 0.3) is 0 Å². The number of aromatic nitrogens is 2. The van der Waals surface area contributed by atoms with Gasteiger partial charge in [-0.25, -0.2) is 4.98 Å². The van der Waals surface area contributed by atoms with Gasteiger partial charge in [-0.05, 0) is 40.2 Å². The molecule has 2 N–H and O–H groups in total. The molecule has 7 heteroatoms. The van der Waals surface area contributed by atoms with Gasteiger partial charge >= 0.3 is 5.95 Å². The van der Waals surface area contributed by atoms with Crippen LogP contribution in [-0.4, -0.2) is 10.7 Å². The predicted molar refractivity (Wildman–Crippen MR) is 76.2 cm³/mol. The Kier molecular flexibility index (Phi) is 4.30. The van der Waals surface area contributed by atoms with E-state index in [4.69, 9.17) is 0 Å². The number of hydrogen-bond donors (Lipinski definition) is 1. The molecule has 0 fully saturated rings. The molecule has 19 heavy (non-hydrogen) atoms. The Morgan fingerprint density at radius 2 is 2.32 bits per heavy atom. The predicted octanol–water partition coefficient (Wildman–Crippen LogP) is 2.89. The Bertz CT molecular complexity index is 612. The summed E-state index contributed by atoms with van der Waals surface area (Å²) >= 11 is 3.28. The maximum atomic E-state index is 10.5. The van der Waals surface area contributed by atoms with Gasteiger partial charge < -0.3 is 0 Å². The summed E-state index contributed by atoms with van der Waals surface area (Å²) in [5.74, 6) is 0.521. The molecule has 1 aromatic heterocycles. The third-order valence-electron chi connectivity index (χ3n) is 2.36. The summed E-state index contributed by atoms with van der Waals surface area (Å²) in [6.07, 6.45) is 3.40. The quantitative estimate of drug-likeness (QED) is 0.534. The standard InChI is InChI=1S/C12H10BrN5O/c1-8(9-3-2-4-11(5-9)18-19)16-17-12-14-6-10(13)7-15-12/h2-7H,1H3,(H,14,15,17)/p+1/b16-8+. The fourth-order valence-electron chi connectivity index (χ4n) is 1.39. The molecule has 0 radical (unpaired) electrons. The van der Waals surface area contributed by atoms with Gasteiger partial charge in [-0.1, -0.05) is 17.1 Å². The van der Waals surface area contributed by atoms with Crippen LogP contribution in [0.4, 0.5) is 11.6 Å². The lowest BCUT2D eigenvalue weighted by Crippen LogP contribution is -2.12. The van der Waals surface area contributed by atoms with Crippen LogP contribution < -0.4 is 10.4 Å². The van der Waals surface area contributed by atoms with Crippen LogP contribution in [0.5, 0.6) is 0 Å². The molecule has 6 nitrogen and oxygen atoms in total. The van der Waals surface area contributed by atoms with Gasteiger partial charge in [-0.2, -0.15) is 5.43 Å². The Morgan fingerprint density at radius 1 is 1.47 bits per heavy atom. The number of hydrazone groups is 1. The molecule has 96 valence electrons. The van der Waals surface area contributed by atoms with E-state index in [1.807, 2.05) is 13.0 Å². The summed E-state index contributed by atoms with van der Waals surface area (Å²) in [6, 6.07) is 6.93. The lowest BCUT2D eigenvalue weighted by Gasteiger charge is -1.99. The van der Waals surface area contributed by atoms with Crippen molar-refractivity contribution in [2.24, 2.45) is 10.3 Å². The Labute approximate surface area is 118 Å². The van der Waals surface area contributed by atoms with Crippen molar-refractivity contribution in [3.8, 4) is 0 Å². The number of hydrogen-bond acceptors (Lipinski definition) is 5. The first-order chi connectivity index (χ1) is 9.19. The van der Waals surface area contributed by atoms with E-state index in [1.54, 1.807) is 30.6 Å². The number of nitrogens with one attached hydrogen (secondary N) is 2. The lowest BCUT2D eigenvalue weighted by atomic mass is 10.1. The monoisotopic (exact) mass is 320 g/mol. The number of rotatable bonds is 4. The van der Waals surface area contributed by atoms with Crippen molar-refractivity contribution in [3.63, 3.8) is 0 Å². The van der Waals surface area contributed by atoms with Crippen LogP contribution in [0.1, 0.15) is 12.5 Å². The smallest absolute Gasteiger partial charge is 0.246 e. The van der Waals surface area contributed by atoms with Crippen molar-refractivity contribution in [2.45, 2.75) is 6.92 Å². The SMILES string of the molecule is C/C(=N\Nc1ncc(Br)c[nH+]1)c1cccc(N=O)c1. The normalized spacial score (nSPS) is 11.2. The molecule has 0 bridgehead atoms. The van der Waals surface area contributed by atoms with Crippen molar-refractivity contribution in [3.05, 3.63) is 51.6 Å². The first-order valence-corrected chi connectivity index (χ1v) is 6.25. The van der Waals surface area contributed by atoms with Gasteiger partial charge in [-0.15, -0.1) is 10.0 Å². The van der Waals surface area contributed by atoms with Crippen LogP contribution in [0.2, 0.25) is 0 Å². The largest absolute Gasteiger partial charge is 0.413 e. The molecule has 2 rings (SSSR count). The number of anilines is 1. The molecular weight excluding hydrogens is 310 g/mol. The second-order valence-corrected chi connectivity index (χ2v) is 4.65. The zero-order valence-corrected chi connectivity index (χ0v) is 11.7. The van der Waals surface area contributed by atoms with Crippen LogP contribution in [-0.2, 0) is 0 Å². The molecule has 0 aliphatic rings. The molecule has 0 amide bonds. The second kappa shape index (κ2) is 6.14. The van der Waals surface area contributed by atoms with Crippen molar-refractivity contribution in [1.82, 2.24) is 4.98 Å². The number of halogens is 1. The third-order valence-corrected chi connectivity index (χ3v) is 2.80. The van der Waals surface area contributed by atoms with Crippen molar-refractivity contribution in [2.75, 3.05) is 5.43 Å². The van der Waals surface area contributed by atoms with Gasteiger partial charge in [0.15, 0.2) is 0 Å². The third kappa shape index (κ3) is 3.65. The zero-order chi connectivity index (χ0) is 13.7. The number of nitroso groups, excluding NO2 is 1. The molecule has 0 saturated carbocycles. The maximum absolute atomic E-state index is 10.5. The second-order valence-electron chi connectivity index (χ2n) is 3.73. The Hall–Kier alpha value is -2.15. The van der Waals surface area contributed by atoms with Gasteiger partial charge in [0.2, 0.25) is 0 Å². The van der Waals surface area contributed by atoms with E-state index in [9.17, 15) is 4.91 Å². The molecule has 2 aromatic rings. The van der Waals surface area contributed by atoms with E-state index in [1.165, 1.54) is 0 Å². The summed E-state index contributed by atoms with van der Waals surface area (Å²) < 4.78 is 0.850. The highest BCUT2D eigenvalue weighted by Gasteiger charge is 2.04. The van der Waals surface area contributed by atoms with Crippen LogP contribution in [0.15, 0.2) is 51.4 Å². The first kappa shape index (κ1) is 13.3. The van der Waals surface area contributed by atoms with Crippen molar-refractivity contribution in [1.29, 1.82) is 0 Å². The van der Waals surface area contributed by atoms with E-state index in [0.717, 1.165) is 15.7 Å². The average Bonchev–Trinajstić information content (AvgIpc) is 2.46. The first-order valence-electron chi connectivity index (χ1n) is 5.46. The number of H-pyrrole nitrogens is 1. The molecular formula is C12H11BrN5O+. The topological polar surface area (TPSA) is 80.8 Å². The van der Waals surface area contributed by atoms with Gasteiger partial charge in [0, 0.05) is 5.56 Å². The lowest BCUT2D eigenvalue weighted by molar-refractivity contribution is -0.366. The molecule has 1 heterocycles. The minimum Gasteiger partial charge on any atom is -0.246 e. The van der Waals surface area contributed by atoms with Crippen LogP contribution in [0.3, 0.4) is 0 Å². The van der Waals surface area contributed by atoms with Gasteiger partial charge in [0.1, 0.15) is 11.9 Å². The summed E-state index contributed by atoms with van der Waals surface area (Å²) in [4.78, 5) is 17.5. The van der Waals surface area contributed by atoms with E-state index in [-0.39, 0.29) is 0 Å². The van der Waals surface area contributed by atoms with Crippen LogP contribution >= 0.6 is 15.9 Å². The minimum absolute atomic E-state index is 0.375. The van der Waals surface area contributed by atoms with E-state index in [0.29, 0.717) is 11.6 Å². The number of benzene rings is 1. The molecule has 0 spiro atoms.